The third-order valence-corrected chi connectivity index (χ3v) is 7.59. The van der Waals surface area contributed by atoms with Gasteiger partial charge in [0.05, 0.1) is 18.5 Å². The standard InChI is InChI=1S/C26H30FN3O3S/c1-33-19-3-5-25-22(16-19)21(8-12-29-25)24(27)4-2-18-9-13-30(17-23(18)26(31)32)14-15-34-20-6-10-28-11-7-20/h3,5-8,10-12,16,18,23-24H,2,4,9,13-15,17H2,1H3,(H,31,32)/t18-,23+,24+/m1/s1. The SMILES string of the molecule is COc1ccc2nccc([C@@H](F)CC[C@@H]3CCN(CCSc4ccncc4)C[C@@H]3C(=O)O)c2c1. The second-order valence-electron chi connectivity index (χ2n) is 8.65. The zero-order chi connectivity index (χ0) is 23.9. The Labute approximate surface area is 203 Å². The molecule has 1 saturated heterocycles. The summed E-state index contributed by atoms with van der Waals surface area (Å²) >= 11 is 1.75. The van der Waals surface area contributed by atoms with Gasteiger partial charge in [-0.2, -0.15) is 0 Å². The van der Waals surface area contributed by atoms with Gasteiger partial charge in [0.2, 0.25) is 0 Å². The first-order valence-corrected chi connectivity index (χ1v) is 12.6. The topological polar surface area (TPSA) is 75.5 Å². The molecule has 8 heteroatoms. The van der Waals surface area contributed by atoms with Crippen molar-refractivity contribution in [3.05, 3.63) is 60.6 Å². The summed E-state index contributed by atoms with van der Waals surface area (Å²) in [6, 6.07) is 11.1. The summed E-state index contributed by atoms with van der Waals surface area (Å²) in [5, 5.41) is 10.6. The van der Waals surface area contributed by atoms with Crippen molar-refractivity contribution >= 4 is 28.6 Å². The molecule has 1 fully saturated rings. The highest BCUT2D eigenvalue weighted by Gasteiger charge is 2.34. The summed E-state index contributed by atoms with van der Waals surface area (Å²) in [5.41, 5.74) is 1.31. The maximum Gasteiger partial charge on any atom is 0.308 e. The number of ether oxygens (including phenoxy) is 1. The number of hydrogen-bond donors (Lipinski definition) is 1. The Hall–Kier alpha value is -2.71. The molecule has 0 aliphatic carbocycles. The number of alkyl halides is 1. The van der Waals surface area contributed by atoms with Crippen molar-refractivity contribution in [2.75, 3.05) is 32.5 Å². The highest BCUT2D eigenvalue weighted by Crippen LogP contribution is 2.35. The zero-order valence-electron chi connectivity index (χ0n) is 19.3. The van der Waals surface area contributed by atoms with Crippen LogP contribution in [0.1, 0.15) is 31.0 Å². The van der Waals surface area contributed by atoms with Crippen LogP contribution in [0, 0.1) is 11.8 Å². The molecular formula is C26H30FN3O3S. The lowest BCUT2D eigenvalue weighted by Gasteiger charge is -2.36. The van der Waals surface area contributed by atoms with Crippen molar-refractivity contribution in [2.24, 2.45) is 11.8 Å². The molecule has 2 aromatic heterocycles. The Morgan fingerprint density at radius 3 is 2.85 bits per heavy atom. The number of aliphatic carboxylic acids is 1. The predicted octanol–water partition coefficient (Wildman–Crippen LogP) is 5.24. The van der Waals surface area contributed by atoms with Crippen molar-refractivity contribution in [3.8, 4) is 5.75 Å². The van der Waals surface area contributed by atoms with Crippen molar-refractivity contribution in [1.29, 1.82) is 0 Å². The van der Waals surface area contributed by atoms with E-state index >= 15 is 4.39 Å². The fourth-order valence-electron chi connectivity index (χ4n) is 4.69. The van der Waals surface area contributed by atoms with E-state index in [1.54, 1.807) is 43.5 Å². The van der Waals surface area contributed by atoms with E-state index in [0.29, 0.717) is 30.7 Å². The minimum atomic E-state index is -1.18. The number of hydrogen-bond acceptors (Lipinski definition) is 6. The van der Waals surface area contributed by atoms with Gasteiger partial charge in [0.25, 0.3) is 0 Å². The largest absolute Gasteiger partial charge is 0.497 e. The second-order valence-corrected chi connectivity index (χ2v) is 9.82. The van der Waals surface area contributed by atoms with Gasteiger partial charge in [-0.3, -0.25) is 14.8 Å². The van der Waals surface area contributed by atoms with Crippen LogP contribution in [0.5, 0.6) is 5.75 Å². The van der Waals surface area contributed by atoms with Crippen LogP contribution in [0.15, 0.2) is 59.9 Å². The Morgan fingerprint density at radius 2 is 2.09 bits per heavy atom. The molecule has 1 N–H and O–H groups in total. The number of thioether (sulfide) groups is 1. The molecule has 1 aliphatic heterocycles. The highest BCUT2D eigenvalue weighted by molar-refractivity contribution is 7.99. The van der Waals surface area contributed by atoms with Crippen molar-refractivity contribution in [3.63, 3.8) is 0 Å². The maximum absolute atomic E-state index is 15.4. The van der Waals surface area contributed by atoms with Crippen molar-refractivity contribution < 1.29 is 19.0 Å². The molecule has 3 atom stereocenters. The average molecular weight is 484 g/mol. The average Bonchev–Trinajstić information content (AvgIpc) is 2.87. The molecule has 1 aromatic carbocycles. The van der Waals surface area contributed by atoms with Gasteiger partial charge in [-0.05, 0) is 73.7 Å². The van der Waals surface area contributed by atoms with Gasteiger partial charge in [0.15, 0.2) is 0 Å². The van der Waals surface area contributed by atoms with Crippen LogP contribution in [0.2, 0.25) is 0 Å². The summed E-state index contributed by atoms with van der Waals surface area (Å²) in [6.45, 7) is 2.20. The summed E-state index contributed by atoms with van der Waals surface area (Å²) in [7, 11) is 1.58. The second kappa shape index (κ2) is 11.6. The first-order valence-electron chi connectivity index (χ1n) is 11.6. The van der Waals surface area contributed by atoms with Crippen LogP contribution < -0.4 is 4.74 Å². The number of benzene rings is 1. The van der Waals surface area contributed by atoms with Gasteiger partial charge < -0.3 is 14.7 Å². The molecule has 180 valence electrons. The molecule has 6 nitrogen and oxygen atoms in total. The van der Waals surface area contributed by atoms with Gasteiger partial charge in [-0.15, -0.1) is 11.8 Å². The Bertz CT molecular complexity index is 1100. The molecular weight excluding hydrogens is 453 g/mol. The summed E-state index contributed by atoms with van der Waals surface area (Å²) in [6.07, 6.45) is 5.61. The lowest BCUT2D eigenvalue weighted by molar-refractivity contribution is -0.146. The highest BCUT2D eigenvalue weighted by atomic mass is 32.2. The summed E-state index contributed by atoms with van der Waals surface area (Å²) < 4.78 is 20.6. The molecule has 34 heavy (non-hydrogen) atoms. The molecule has 3 aromatic rings. The van der Waals surface area contributed by atoms with Crippen molar-refractivity contribution in [1.82, 2.24) is 14.9 Å². The quantitative estimate of drug-likeness (QED) is 0.395. The number of nitrogens with zero attached hydrogens (tertiary/aromatic N) is 3. The molecule has 1 aliphatic rings. The maximum atomic E-state index is 15.4. The third kappa shape index (κ3) is 6.04. The summed E-state index contributed by atoms with van der Waals surface area (Å²) in [5.74, 6) is 0.274. The molecule has 0 bridgehead atoms. The predicted molar refractivity (Wildman–Crippen MR) is 132 cm³/mol. The molecule has 0 saturated carbocycles. The van der Waals surface area contributed by atoms with Crippen LogP contribution in [0.3, 0.4) is 0 Å². The van der Waals surface area contributed by atoms with Crippen LogP contribution in [0.4, 0.5) is 4.39 Å². The lowest BCUT2D eigenvalue weighted by Crippen LogP contribution is -2.44. The van der Waals surface area contributed by atoms with Gasteiger partial charge >= 0.3 is 5.97 Å². The smallest absolute Gasteiger partial charge is 0.308 e. The molecule has 4 rings (SSSR count). The number of carbonyl (C=O) groups is 1. The first-order chi connectivity index (χ1) is 16.5. The van der Waals surface area contributed by atoms with Crippen LogP contribution in [-0.4, -0.2) is 58.4 Å². The lowest BCUT2D eigenvalue weighted by atomic mass is 9.81. The van der Waals surface area contributed by atoms with Gasteiger partial charge in [-0.1, -0.05) is 0 Å². The number of halogens is 1. The number of carboxylic acids is 1. The molecule has 0 spiro atoms. The number of rotatable bonds is 10. The monoisotopic (exact) mass is 483 g/mol. The third-order valence-electron chi connectivity index (χ3n) is 6.59. The Balaban J connectivity index is 1.34. The van der Waals surface area contributed by atoms with E-state index in [1.807, 2.05) is 30.3 Å². The minimum absolute atomic E-state index is 0.0255. The zero-order valence-corrected chi connectivity index (χ0v) is 20.1. The number of aromatic nitrogens is 2. The van der Waals surface area contributed by atoms with Crippen molar-refractivity contribution in [2.45, 2.75) is 30.3 Å². The van der Waals surface area contributed by atoms with Gasteiger partial charge in [-0.25, -0.2) is 4.39 Å². The Morgan fingerprint density at radius 1 is 1.26 bits per heavy atom. The first kappa shape index (κ1) is 24.4. The van der Waals surface area contributed by atoms with E-state index in [0.717, 1.165) is 41.1 Å². The minimum Gasteiger partial charge on any atom is -0.497 e. The van der Waals surface area contributed by atoms with E-state index in [2.05, 4.69) is 14.9 Å². The van der Waals surface area contributed by atoms with E-state index in [1.165, 1.54) is 0 Å². The number of pyridine rings is 2. The fourth-order valence-corrected chi connectivity index (χ4v) is 5.59. The van der Waals surface area contributed by atoms with Crippen LogP contribution in [-0.2, 0) is 4.79 Å². The van der Waals surface area contributed by atoms with Crippen LogP contribution >= 0.6 is 11.8 Å². The molecule has 0 radical (unpaired) electrons. The van der Waals surface area contributed by atoms with Gasteiger partial charge in [0.1, 0.15) is 11.9 Å². The molecule has 0 unspecified atom stereocenters. The Kier molecular flexibility index (Phi) is 8.34. The summed E-state index contributed by atoms with van der Waals surface area (Å²) in [4.78, 5) is 23.7. The van der Waals surface area contributed by atoms with E-state index in [9.17, 15) is 9.90 Å². The number of fused-ring (bicyclic) bond motifs is 1. The fraction of sp³-hybridized carbons (Fsp3) is 0.423. The number of piperidine rings is 1. The van der Waals surface area contributed by atoms with Gasteiger partial charge in [0, 0.05) is 47.7 Å². The number of methoxy groups -OCH3 is 1. The normalized spacial score (nSPS) is 19.7. The van der Waals surface area contributed by atoms with E-state index in [4.69, 9.17) is 4.74 Å². The molecule has 3 heterocycles. The number of carboxylic acid groups (broad SMARTS) is 1. The number of likely N-dealkylation sites (tertiary alicyclic amines) is 1. The van der Waals surface area contributed by atoms with E-state index < -0.39 is 18.1 Å². The molecule has 0 amide bonds. The van der Waals surface area contributed by atoms with Crippen LogP contribution in [0.25, 0.3) is 10.9 Å². The van der Waals surface area contributed by atoms with E-state index in [-0.39, 0.29) is 5.92 Å².